The topological polar surface area (TPSA) is 52.2 Å². The van der Waals surface area contributed by atoms with Gasteiger partial charge in [0.05, 0.1) is 11.2 Å². The lowest BCUT2D eigenvalue weighted by Gasteiger charge is -2.34. The number of likely N-dealkylation sites (N-methyl/N-ethyl adjacent to an activating group) is 1. The fourth-order valence-corrected chi connectivity index (χ4v) is 5.66. The highest BCUT2D eigenvalue weighted by Gasteiger charge is 2.15. The summed E-state index contributed by atoms with van der Waals surface area (Å²) in [4.78, 5) is 18.8. The minimum absolute atomic E-state index is 0.244. The van der Waals surface area contributed by atoms with E-state index in [0.29, 0.717) is 12.8 Å². The summed E-state index contributed by atoms with van der Waals surface area (Å²) in [6.07, 6.45) is 5.15. The summed E-state index contributed by atoms with van der Waals surface area (Å²) in [5, 5.41) is 10.8. The number of thiophene rings is 1. The molecule has 0 amide bonds. The Balaban J connectivity index is 1.28. The molecule has 0 spiro atoms. The Morgan fingerprint density at radius 3 is 2.64 bits per heavy atom. The quantitative estimate of drug-likeness (QED) is 0.327. The molecule has 5 nitrogen and oxygen atoms in total. The number of fused-ring (bicyclic) bond motifs is 1. The molecule has 0 atom stereocenters. The molecule has 1 fully saturated rings. The van der Waals surface area contributed by atoms with Crippen LogP contribution in [0.5, 0.6) is 0 Å². The molecule has 5 rings (SSSR count). The fraction of sp³-hybridized carbons (Fsp3) is 0.333. The van der Waals surface area contributed by atoms with E-state index >= 15 is 0 Å². The number of H-pyrrole nitrogens is 1. The third-order valence-corrected chi connectivity index (χ3v) is 7.97. The number of carbonyl (C=O) groups is 1. The zero-order valence-corrected chi connectivity index (χ0v) is 22.0. The zero-order valence-electron chi connectivity index (χ0n) is 21.2. The first kappa shape index (κ1) is 24.6. The lowest BCUT2D eigenvalue weighted by molar-refractivity contribution is -0.117. The monoisotopic (exact) mass is 498 g/mol. The van der Waals surface area contributed by atoms with Crippen molar-refractivity contribution in [3.8, 4) is 0 Å². The number of aryl methyl sites for hydroxylation is 1. The first-order chi connectivity index (χ1) is 17.6. The largest absolute Gasteiger partial charge is 0.301 e. The van der Waals surface area contributed by atoms with Crippen molar-refractivity contribution in [3.63, 3.8) is 0 Å². The van der Waals surface area contributed by atoms with E-state index in [0.717, 1.165) is 71.9 Å². The second-order valence-electron chi connectivity index (χ2n) is 9.69. The highest BCUT2D eigenvalue weighted by molar-refractivity contribution is 7.10. The van der Waals surface area contributed by atoms with E-state index in [-0.39, 0.29) is 5.78 Å². The van der Waals surface area contributed by atoms with Gasteiger partial charge in [0.2, 0.25) is 0 Å². The minimum atomic E-state index is 0.244. The number of aromatic nitrogens is 2. The second kappa shape index (κ2) is 11.3. The van der Waals surface area contributed by atoms with Gasteiger partial charge in [-0.25, -0.2) is 0 Å². The molecule has 0 saturated carbocycles. The van der Waals surface area contributed by atoms with Gasteiger partial charge in [0, 0.05) is 55.8 Å². The molecule has 2 aromatic carbocycles. The standard InChI is InChI=1S/C30H34N4OS/c1-3-33-11-13-34(14-12-33)21-24-7-4-6-23(17-24)9-10-29-28-19-25(22(2)16-30(28)32-31-29)18-26(35)20-27-8-5-15-36-27/h4-10,15-17,19H,3,11-14,18,20-21H2,1-2H3,(H,31,32)/b10-9+. The van der Waals surface area contributed by atoms with E-state index in [1.165, 1.54) is 11.1 Å². The first-order valence-electron chi connectivity index (χ1n) is 12.8. The highest BCUT2D eigenvalue weighted by Crippen LogP contribution is 2.24. The number of nitrogens with zero attached hydrogens (tertiary/aromatic N) is 3. The second-order valence-corrected chi connectivity index (χ2v) is 10.7. The van der Waals surface area contributed by atoms with Crippen molar-refractivity contribution in [2.75, 3.05) is 32.7 Å². The van der Waals surface area contributed by atoms with Crippen LogP contribution in [0.2, 0.25) is 0 Å². The third-order valence-electron chi connectivity index (χ3n) is 7.09. The van der Waals surface area contributed by atoms with E-state index in [9.17, 15) is 4.79 Å². The van der Waals surface area contributed by atoms with Crippen LogP contribution in [-0.4, -0.2) is 58.5 Å². The van der Waals surface area contributed by atoms with E-state index in [1.54, 1.807) is 11.3 Å². The van der Waals surface area contributed by atoms with Gasteiger partial charge < -0.3 is 4.90 Å². The smallest absolute Gasteiger partial charge is 0.142 e. The van der Waals surface area contributed by atoms with Crippen LogP contribution < -0.4 is 0 Å². The van der Waals surface area contributed by atoms with Gasteiger partial charge in [-0.3, -0.25) is 14.8 Å². The summed E-state index contributed by atoms with van der Waals surface area (Å²) >= 11 is 1.64. The van der Waals surface area contributed by atoms with Gasteiger partial charge in [-0.05, 0) is 65.4 Å². The number of benzene rings is 2. The van der Waals surface area contributed by atoms with Crippen molar-refractivity contribution in [3.05, 3.63) is 86.7 Å². The van der Waals surface area contributed by atoms with Gasteiger partial charge in [-0.1, -0.05) is 43.3 Å². The van der Waals surface area contributed by atoms with Crippen LogP contribution in [0.1, 0.15) is 39.7 Å². The highest BCUT2D eigenvalue weighted by atomic mass is 32.1. The van der Waals surface area contributed by atoms with Gasteiger partial charge in [0.25, 0.3) is 0 Å². The number of aromatic amines is 1. The molecule has 3 heterocycles. The van der Waals surface area contributed by atoms with Crippen molar-refractivity contribution in [2.24, 2.45) is 0 Å². The Bertz CT molecular complexity index is 1350. The van der Waals surface area contributed by atoms with Gasteiger partial charge in [-0.15, -0.1) is 11.3 Å². The Morgan fingerprint density at radius 1 is 1.03 bits per heavy atom. The van der Waals surface area contributed by atoms with Crippen LogP contribution in [0.4, 0.5) is 0 Å². The van der Waals surface area contributed by atoms with Crippen LogP contribution in [0.15, 0.2) is 53.9 Å². The van der Waals surface area contributed by atoms with E-state index < -0.39 is 0 Å². The number of hydrogen-bond acceptors (Lipinski definition) is 5. The van der Waals surface area contributed by atoms with Gasteiger partial charge in [0.15, 0.2) is 0 Å². The summed E-state index contributed by atoms with van der Waals surface area (Å²) < 4.78 is 0. The Morgan fingerprint density at radius 2 is 1.86 bits per heavy atom. The number of carbonyl (C=O) groups excluding carboxylic acids is 1. The molecule has 186 valence electrons. The van der Waals surface area contributed by atoms with Crippen LogP contribution in [0.25, 0.3) is 23.1 Å². The van der Waals surface area contributed by atoms with Crippen molar-refractivity contribution < 1.29 is 4.79 Å². The maximum Gasteiger partial charge on any atom is 0.142 e. The summed E-state index contributed by atoms with van der Waals surface area (Å²) in [5.74, 6) is 0.244. The molecule has 2 aromatic heterocycles. The number of hydrogen-bond donors (Lipinski definition) is 1. The van der Waals surface area contributed by atoms with Crippen molar-refractivity contribution in [1.29, 1.82) is 0 Å². The van der Waals surface area contributed by atoms with Crippen LogP contribution >= 0.6 is 11.3 Å². The van der Waals surface area contributed by atoms with Gasteiger partial charge in [0.1, 0.15) is 5.78 Å². The molecule has 4 aromatic rings. The summed E-state index contributed by atoms with van der Waals surface area (Å²) in [5.41, 5.74) is 6.61. The summed E-state index contributed by atoms with van der Waals surface area (Å²) in [7, 11) is 0. The SMILES string of the molecule is CCN1CCN(Cc2cccc(/C=C/c3n[nH]c4cc(C)c(CC(=O)Cc5cccs5)cc34)c2)CC1. The number of rotatable bonds is 9. The van der Waals surface area contributed by atoms with Crippen molar-refractivity contribution in [2.45, 2.75) is 33.2 Å². The molecular weight excluding hydrogens is 464 g/mol. The Kier molecular flexibility index (Phi) is 7.75. The van der Waals surface area contributed by atoms with Crippen LogP contribution in [-0.2, 0) is 24.2 Å². The van der Waals surface area contributed by atoms with E-state index in [1.807, 2.05) is 17.5 Å². The maximum atomic E-state index is 12.7. The lowest BCUT2D eigenvalue weighted by Crippen LogP contribution is -2.45. The maximum absolute atomic E-state index is 12.7. The number of ketones is 1. The molecule has 0 unspecified atom stereocenters. The molecule has 1 N–H and O–H groups in total. The molecular formula is C30H34N4OS. The van der Waals surface area contributed by atoms with Crippen LogP contribution in [0.3, 0.4) is 0 Å². The first-order valence-corrected chi connectivity index (χ1v) is 13.7. The number of nitrogens with one attached hydrogen (secondary N) is 1. The summed E-state index contributed by atoms with van der Waals surface area (Å²) in [6, 6.07) is 17.0. The Labute approximate surface area is 217 Å². The predicted molar refractivity (Wildman–Crippen MR) is 150 cm³/mol. The fourth-order valence-electron chi connectivity index (χ4n) is 4.93. The molecule has 1 aliphatic rings. The van der Waals surface area contributed by atoms with Gasteiger partial charge in [-0.2, -0.15) is 5.10 Å². The average molecular weight is 499 g/mol. The van der Waals surface area contributed by atoms with E-state index in [4.69, 9.17) is 0 Å². The molecule has 0 bridgehead atoms. The van der Waals surface area contributed by atoms with E-state index in [2.05, 4.69) is 82.4 Å². The van der Waals surface area contributed by atoms with Gasteiger partial charge >= 0.3 is 0 Å². The molecule has 0 radical (unpaired) electrons. The number of Topliss-reactive ketones (excluding diaryl/α,β-unsaturated/α-hetero) is 1. The average Bonchev–Trinajstić information content (AvgIpc) is 3.53. The number of piperazine rings is 1. The normalized spacial score (nSPS) is 15.3. The molecule has 1 aliphatic heterocycles. The zero-order chi connectivity index (χ0) is 24.9. The molecule has 0 aliphatic carbocycles. The van der Waals surface area contributed by atoms with Crippen molar-refractivity contribution in [1.82, 2.24) is 20.0 Å². The minimum Gasteiger partial charge on any atom is -0.301 e. The molecule has 1 saturated heterocycles. The van der Waals surface area contributed by atoms with Crippen LogP contribution in [0, 0.1) is 6.92 Å². The Hall–Kier alpha value is -3.06. The molecule has 6 heteroatoms. The third kappa shape index (κ3) is 6.01. The van der Waals surface area contributed by atoms with Crippen molar-refractivity contribution >= 4 is 40.2 Å². The molecule has 36 heavy (non-hydrogen) atoms. The lowest BCUT2D eigenvalue weighted by atomic mass is 9.98. The summed E-state index contributed by atoms with van der Waals surface area (Å²) in [6.45, 7) is 11.0. The predicted octanol–water partition coefficient (Wildman–Crippen LogP) is 5.60.